The van der Waals surface area contributed by atoms with E-state index in [-0.39, 0.29) is 0 Å². The van der Waals surface area contributed by atoms with Crippen LogP contribution in [-0.2, 0) is 13.0 Å². The quantitative estimate of drug-likeness (QED) is 0.808. The van der Waals surface area contributed by atoms with Gasteiger partial charge in [-0.3, -0.25) is 0 Å². The summed E-state index contributed by atoms with van der Waals surface area (Å²) in [5.41, 5.74) is 2.82. The summed E-state index contributed by atoms with van der Waals surface area (Å²) >= 11 is 0. The van der Waals surface area contributed by atoms with Crippen molar-refractivity contribution >= 4 is 16.9 Å². The van der Waals surface area contributed by atoms with E-state index < -0.39 is 5.97 Å². The first-order valence-corrected chi connectivity index (χ1v) is 7.52. The van der Waals surface area contributed by atoms with Gasteiger partial charge in [0.25, 0.3) is 0 Å². The van der Waals surface area contributed by atoms with Crippen molar-refractivity contribution in [3.8, 4) is 0 Å². The van der Waals surface area contributed by atoms with Gasteiger partial charge < -0.3 is 9.67 Å². The Labute approximate surface area is 120 Å². The lowest BCUT2D eigenvalue weighted by molar-refractivity contribution is 0.0697. The van der Waals surface area contributed by atoms with E-state index in [1.54, 1.807) is 6.07 Å². The summed E-state index contributed by atoms with van der Waals surface area (Å²) in [4.78, 5) is 11.1. The zero-order chi connectivity index (χ0) is 14.5. The molecule has 0 unspecified atom stereocenters. The molecule has 0 saturated heterocycles. The van der Waals surface area contributed by atoms with Crippen molar-refractivity contribution in [3.05, 3.63) is 35.5 Å². The summed E-state index contributed by atoms with van der Waals surface area (Å²) in [6.07, 6.45) is 7.84. The Balaban J connectivity index is 2.45. The molecule has 3 heteroatoms. The number of benzene rings is 1. The number of rotatable bonds is 7. The molecule has 1 aromatic heterocycles. The number of nitrogens with zero attached hydrogens (tertiary/aromatic N) is 1. The third-order valence-corrected chi connectivity index (χ3v) is 3.76. The molecule has 3 nitrogen and oxygen atoms in total. The highest BCUT2D eigenvalue weighted by Crippen LogP contribution is 2.25. The number of carbonyl (C=O) groups is 1. The molecular weight excluding hydrogens is 250 g/mol. The molecule has 0 saturated carbocycles. The summed E-state index contributed by atoms with van der Waals surface area (Å²) in [6, 6.07) is 5.48. The monoisotopic (exact) mass is 273 g/mol. The molecule has 0 radical (unpaired) electrons. The van der Waals surface area contributed by atoms with E-state index in [0.717, 1.165) is 49.6 Å². The van der Waals surface area contributed by atoms with Crippen LogP contribution in [0, 0.1) is 0 Å². The van der Waals surface area contributed by atoms with Crippen molar-refractivity contribution in [3.63, 3.8) is 0 Å². The second kappa shape index (κ2) is 6.60. The van der Waals surface area contributed by atoms with Gasteiger partial charge in [-0.25, -0.2) is 4.79 Å². The molecule has 1 heterocycles. The number of aryl methyl sites for hydroxylation is 2. The molecule has 0 bridgehead atoms. The van der Waals surface area contributed by atoms with Crippen LogP contribution in [0.1, 0.15) is 55.5 Å². The Morgan fingerprint density at radius 3 is 2.60 bits per heavy atom. The van der Waals surface area contributed by atoms with E-state index in [1.165, 1.54) is 5.56 Å². The SMILES string of the molecule is CCCCc1cn(CCCC)c2ccc(C(=O)O)cc12. The van der Waals surface area contributed by atoms with Gasteiger partial charge in [-0.15, -0.1) is 0 Å². The van der Waals surface area contributed by atoms with Crippen LogP contribution in [0.2, 0.25) is 0 Å². The Hall–Kier alpha value is -1.77. The number of aromatic carboxylic acids is 1. The zero-order valence-corrected chi connectivity index (χ0v) is 12.4. The van der Waals surface area contributed by atoms with E-state index >= 15 is 0 Å². The Morgan fingerprint density at radius 1 is 1.20 bits per heavy atom. The Bertz CT molecular complexity index is 598. The summed E-state index contributed by atoms with van der Waals surface area (Å²) in [5, 5.41) is 10.3. The van der Waals surface area contributed by atoms with Crippen LogP contribution in [0.15, 0.2) is 24.4 Å². The molecule has 1 aromatic carbocycles. The van der Waals surface area contributed by atoms with Gasteiger partial charge >= 0.3 is 5.97 Å². The highest BCUT2D eigenvalue weighted by Gasteiger charge is 2.11. The van der Waals surface area contributed by atoms with Gasteiger partial charge in [-0.2, -0.15) is 0 Å². The molecule has 2 rings (SSSR count). The summed E-state index contributed by atoms with van der Waals surface area (Å²) in [5.74, 6) is -0.852. The molecule has 20 heavy (non-hydrogen) atoms. The number of carboxylic acids is 1. The number of fused-ring (bicyclic) bond motifs is 1. The molecule has 0 aliphatic heterocycles. The van der Waals surface area contributed by atoms with Gasteiger partial charge in [0, 0.05) is 23.6 Å². The Morgan fingerprint density at radius 2 is 1.95 bits per heavy atom. The number of hydrogen-bond donors (Lipinski definition) is 1. The number of carboxylic acid groups (broad SMARTS) is 1. The topological polar surface area (TPSA) is 42.2 Å². The van der Waals surface area contributed by atoms with Gasteiger partial charge in [-0.1, -0.05) is 26.7 Å². The zero-order valence-electron chi connectivity index (χ0n) is 12.4. The average molecular weight is 273 g/mol. The molecule has 0 spiro atoms. The van der Waals surface area contributed by atoms with Crippen LogP contribution in [0.5, 0.6) is 0 Å². The van der Waals surface area contributed by atoms with Gasteiger partial charge in [0.1, 0.15) is 0 Å². The van der Waals surface area contributed by atoms with Crippen LogP contribution in [0.4, 0.5) is 0 Å². The Kier molecular flexibility index (Phi) is 4.83. The predicted molar refractivity (Wildman–Crippen MR) is 82.4 cm³/mol. The van der Waals surface area contributed by atoms with Crippen LogP contribution in [0.25, 0.3) is 10.9 Å². The number of aromatic nitrogens is 1. The third-order valence-electron chi connectivity index (χ3n) is 3.76. The van der Waals surface area contributed by atoms with Crippen LogP contribution < -0.4 is 0 Å². The first kappa shape index (κ1) is 14.6. The lowest BCUT2D eigenvalue weighted by Crippen LogP contribution is -1.97. The molecule has 108 valence electrons. The molecule has 1 N–H and O–H groups in total. The van der Waals surface area contributed by atoms with Crippen molar-refractivity contribution in [1.82, 2.24) is 4.57 Å². The first-order valence-electron chi connectivity index (χ1n) is 7.52. The minimum Gasteiger partial charge on any atom is -0.478 e. The average Bonchev–Trinajstić information content (AvgIpc) is 2.80. The minimum atomic E-state index is -0.852. The first-order chi connectivity index (χ1) is 9.67. The number of unbranched alkanes of at least 4 members (excludes halogenated alkanes) is 2. The highest BCUT2D eigenvalue weighted by molar-refractivity contribution is 5.95. The highest BCUT2D eigenvalue weighted by atomic mass is 16.4. The van der Waals surface area contributed by atoms with Gasteiger partial charge in [0.2, 0.25) is 0 Å². The van der Waals surface area contributed by atoms with Crippen molar-refractivity contribution in [2.24, 2.45) is 0 Å². The fraction of sp³-hybridized carbons (Fsp3) is 0.471. The largest absolute Gasteiger partial charge is 0.478 e. The van der Waals surface area contributed by atoms with Gasteiger partial charge in [0.05, 0.1) is 5.56 Å². The summed E-state index contributed by atoms with van der Waals surface area (Å²) in [7, 11) is 0. The van der Waals surface area contributed by atoms with Crippen molar-refractivity contribution in [2.75, 3.05) is 0 Å². The van der Waals surface area contributed by atoms with Crippen molar-refractivity contribution in [1.29, 1.82) is 0 Å². The molecule has 0 atom stereocenters. The van der Waals surface area contributed by atoms with E-state index in [1.807, 2.05) is 12.1 Å². The predicted octanol–water partition coefficient (Wildman–Crippen LogP) is 4.48. The lowest BCUT2D eigenvalue weighted by Gasteiger charge is -2.04. The maximum absolute atomic E-state index is 11.1. The second-order valence-corrected chi connectivity index (χ2v) is 5.34. The molecule has 0 aliphatic carbocycles. The maximum atomic E-state index is 11.1. The second-order valence-electron chi connectivity index (χ2n) is 5.34. The normalized spacial score (nSPS) is 11.1. The molecule has 0 amide bonds. The maximum Gasteiger partial charge on any atom is 0.335 e. The van der Waals surface area contributed by atoms with Gasteiger partial charge in [-0.05, 0) is 43.0 Å². The standard InChI is InChI=1S/C17H23NO2/c1-3-5-7-14-12-18(10-6-4-2)16-9-8-13(17(19)20)11-15(14)16/h8-9,11-12H,3-7,10H2,1-2H3,(H,19,20). The minimum absolute atomic E-state index is 0.378. The number of hydrogen-bond acceptors (Lipinski definition) is 1. The smallest absolute Gasteiger partial charge is 0.335 e. The van der Waals surface area contributed by atoms with E-state index in [4.69, 9.17) is 5.11 Å². The van der Waals surface area contributed by atoms with E-state index in [0.29, 0.717) is 5.56 Å². The van der Waals surface area contributed by atoms with E-state index in [2.05, 4.69) is 24.6 Å². The van der Waals surface area contributed by atoms with Gasteiger partial charge in [0.15, 0.2) is 0 Å². The fourth-order valence-corrected chi connectivity index (χ4v) is 2.58. The summed E-state index contributed by atoms with van der Waals surface area (Å²) < 4.78 is 2.27. The van der Waals surface area contributed by atoms with Crippen molar-refractivity contribution in [2.45, 2.75) is 52.5 Å². The summed E-state index contributed by atoms with van der Waals surface area (Å²) in [6.45, 7) is 5.37. The molecule has 2 aromatic rings. The lowest BCUT2D eigenvalue weighted by atomic mass is 10.1. The van der Waals surface area contributed by atoms with Crippen LogP contribution in [0.3, 0.4) is 0 Å². The third kappa shape index (κ3) is 3.03. The van der Waals surface area contributed by atoms with Crippen LogP contribution in [-0.4, -0.2) is 15.6 Å². The molecular formula is C17H23NO2. The molecule has 0 fully saturated rings. The molecule has 0 aliphatic rings. The fourth-order valence-electron chi connectivity index (χ4n) is 2.58. The van der Waals surface area contributed by atoms with Crippen LogP contribution >= 0.6 is 0 Å². The van der Waals surface area contributed by atoms with Crippen molar-refractivity contribution < 1.29 is 9.90 Å². The van der Waals surface area contributed by atoms with E-state index in [9.17, 15) is 4.79 Å².